The third-order valence-electron chi connectivity index (χ3n) is 5.75. The average molecular weight is 477 g/mol. The molecule has 3 rings (SSSR count). The third kappa shape index (κ3) is 4.43. The molecule has 11 heteroatoms. The Morgan fingerprint density at radius 1 is 1.15 bits per heavy atom. The van der Waals surface area contributed by atoms with E-state index in [4.69, 9.17) is 0 Å². The van der Waals surface area contributed by atoms with Crippen molar-refractivity contribution in [1.29, 1.82) is 0 Å². The highest BCUT2D eigenvalue weighted by Crippen LogP contribution is 2.44. The van der Waals surface area contributed by atoms with Gasteiger partial charge in [-0.3, -0.25) is 4.79 Å². The van der Waals surface area contributed by atoms with E-state index in [0.717, 1.165) is 0 Å². The zero-order valence-corrected chi connectivity index (χ0v) is 18.8. The lowest BCUT2D eigenvalue weighted by Gasteiger charge is -2.37. The fourth-order valence-corrected chi connectivity index (χ4v) is 3.91. The minimum absolute atomic E-state index is 0.0474. The molecular formula is C23H22F3N3O5. The summed E-state index contributed by atoms with van der Waals surface area (Å²) in [6.45, 7) is 5.86. The van der Waals surface area contributed by atoms with Crippen LogP contribution in [0.2, 0.25) is 0 Å². The van der Waals surface area contributed by atoms with Crippen LogP contribution in [0.3, 0.4) is 0 Å². The molecule has 180 valence electrons. The van der Waals surface area contributed by atoms with Gasteiger partial charge in [-0.1, -0.05) is 37.2 Å². The van der Waals surface area contributed by atoms with Gasteiger partial charge in [-0.15, -0.1) is 4.91 Å². The summed E-state index contributed by atoms with van der Waals surface area (Å²) in [5, 5.41) is 19.7. The van der Waals surface area contributed by atoms with Gasteiger partial charge in [0, 0.05) is 17.5 Å². The van der Waals surface area contributed by atoms with E-state index in [1.165, 1.54) is 45.0 Å². The number of anilines is 1. The SMILES string of the molecule is Cc1cccc(C(C)(C)CC(O)(C(=O)Nc2ccc3c(=O)onc(C)c3c2)C(F)(F)F)c1N=O. The topological polar surface area (TPSA) is 122 Å². The lowest BCUT2D eigenvalue weighted by atomic mass is 9.73. The van der Waals surface area contributed by atoms with Gasteiger partial charge in [0.1, 0.15) is 5.69 Å². The number of nitrogens with one attached hydrogen (secondary N) is 1. The number of carbonyl (C=O) groups excluding carboxylic acids is 1. The van der Waals surface area contributed by atoms with Crippen molar-refractivity contribution in [2.75, 3.05) is 5.32 Å². The second kappa shape index (κ2) is 8.64. The van der Waals surface area contributed by atoms with Gasteiger partial charge >= 0.3 is 11.8 Å². The molecule has 1 unspecified atom stereocenters. The monoisotopic (exact) mass is 477 g/mol. The highest BCUT2D eigenvalue weighted by Gasteiger charge is 2.61. The Bertz CT molecular complexity index is 1330. The number of halogens is 3. The van der Waals surface area contributed by atoms with Crippen molar-refractivity contribution in [2.45, 2.75) is 51.3 Å². The Balaban J connectivity index is 2.01. The van der Waals surface area contributed by atoms with Crippen LogP contribution < -0.4 is 10.9 Å². The number of aryl methyl sites for hydroxylation is 2. The first-order valence-corrected chi connectivity index (χ1v) is 10.2. The molecule has 3 aromatic rings. The predicted molar refractivity (Wildman–Crippen MR) is 119 cm³/mol. The van der Waals surface area contributed by atoms with Crippen LogP contribution in [0.15, 0.2) is 50.9 Å². The number of nitrogens with zero attached hydrogens (tertiary/aromatic N) is 2. The van der Waals surface area contributed by atoms with Gasteiger partial charge in [0.2, 0.25) is 5.60 Å². The molecule has 34 heavy (non-hydrogen) atoms. The van der Waals surface area contributed by atoms with Crippen LogP contribution in [0.1, 0.15) is 37.1 Å². The van der Waals surface area contributed by atoms with Gasteiger partial charge in [-0.2, -0.15) is 13.2 Å². The number of amides is 1. The number of alkyl halides is 3. The number of benzene rings is 2. The highest BCUT2D eigenvalue weighted by molar-refractivity contribution is 5.99. The lowest BCUT2D eigenvalue weighted by Crippen LogP contribution is -2.57. The number of hydrogen-bond donors (Lipinski definition) is 2. The van der Waals surface area contributed by atoms with Crippen molar-refractivity contribution in [2.24, 2.45) is 5.18 Å². The van der Waals surface area contributed by atoms with E-state index in [0.29, 0.717) is 5.56 Å². The first kappa shape index (κ1) is 25.0. The molecule has 0 aliphatic carbocycles. The van der Waals surface area contributed by atoms with E-state index < -0.39 is 35.1 Å². The molecule has 0 spiro atoms. The summed E-state index contributed by atoms with van der Waals surface area (Å²) in [6.07, 6.45) is -6.43. The average Bonchev–Trinajstić information content (AvgIpc) is 2.75. The van der Waals surface area contributed by atoms with Crippen LogP contribution >= 0.6 is 0 Å². The highest BCUT2D eigenvalue weighted by atomic mass is 19.4. The van der Waals surface area contributed by atoms with Gasteiger partial charge in [-0.05, 0) is 53.8 Å². The third-order valence-corrected chi connectivity index (χ3v) is 5.75. The van der Waals surface area contributed by atoms with Crippen molar-refractivity contribution in [1.82, 2.24) is 5.16 Å². The van der Waals surface area contributed by atoms with Gasteiger partial charge < -0.3 is 14.9 Å². The number of rotatable bonds is 6. The Morgan fingerprint density at radius 2 is 1.82 bits per heavy atom. The van der Waals surface area contributed by atoms with E-state index >= 15 is 0 Å². The van der Waals surface area contributed by atoms with Gasteiger partial charge in [0.25, 0.3) is 5.91 Å². The van der Waals surface area contributed by atoms with E-state index in [9.17, 15) is 32.8 Å². The Morgan fingerprint density at radius 3 is 2.44 bits per heavy atom. The molecule has 1 aromatic heterocycles. The second-order valence-corrected chi connectivity index (χ2v) is 8.75. The molecule has 2 aromatic carbocycles. The van der Waals surface area contributed by atoms with E-state index in [1.807, 2.05) is 0 Å². The van der Waals surface area contributed by atoms with Gasteiger partial charge in [0.05, 0.1) is 11.1 Å². The molecule has 0 radical (unpaired) electrons. The summed E-state index contributed by atoms with van der Waals surface area (Å²) < 4.78 is 46.8. The maximum Gasteiger partial charge on any atom is 0.426 e. The molecule has 0 bridgehead atoms. The molecule has 0 fully saturated rings. The van der Waals surface area contributed by atoms with Crippen molar-refractivity contribution in [3.05, 3.63) is 68.5 Å². The molecule has 0 aliphatic heterocycles. The number of aromatic nitrogens is 1. The molecule has 1 amide bonds. The molecule has 0 aliphatic rings. The molecule has 2 N–H and O–H groups in total. The van der Waals surface area contributed by atoms with Gasteiger partial charge in [0.15, 0.2) is 0 Å². The fourth-order valence-electron chi connectivity index (χ4n) is 3.91. The number of fused-ring (bicyclic) bond motifs is 1. The fraction of sp³-hybridized carbons (Fsp3) is 0.348. The summed E-state index contributed by atoms with van der Waals surface area (Å²) in [6, 6.07) is 8.32. The summed E-state index contributed by atoms with van der Waals surface area (Å²) in [5.41, 5.74) is -5.26. The molecule has 1 atom stereocenters. The van der Waals surface area contributed by atoms with E-state index in [1.54, 1.807) is 19.1 Å². The largest absolute Gasteiger partial charge is 0.426 e. The summed E-state index contributed by atoms with van der Waals surface area (Å²) >= 11 is 0. The normalized spacial score (nSPS) is 14.0. The number of hydrogen-bond acceptors (Lipinski definition) is 7. The Kier molecular flexibility index (Phi) is 6.36. The van der Waals surface area contributed by atoms with Crippen molar-refractivity contribution < 1.29 is 27.6 Å². The maximum atomic E-state index is 14.1. The van der Waals surface area contributed by atoms with Crippen LogP contribution in [-0.4, -0.2) is 27.9 Å². The molecule has 0 saturated carbocycles. The van der Waals surface area contributed by atoms with Crippen LogP contribution in [-0.2, 0) is 10.2 Å². The zero-order valence-electron chi connectivity index (χ0n) is 18.8. The van der Waals surface area contributed by atoms with Crippen molar-refractivity contribution in [3.63, 3.8) is 0 Å². The van der Waals surface area contributed by atoms with Crippen molar-refractivity contribution >= 4 is 28.1 Å². The van der Waals surface area contributed by atoms with Crippen LogP contribution in [0.5, 0.6) is 0 Å². The van der Waals surface area contributed by atoms with Gasteiger partial charge in [-0.25, -0.2) is 4.79 Å². The molecule has 1 heterocycles. The quantitative estimate of drug-likeness (QED) is 0.492. The predicted octanol–water partition coefficient (Wildman–Crippen LogP) is 4.80. The molecule has 8 nitrogen and oxygen atoms in total. The molecular weight excluding hydrogens is 455 g/mol. The summed E-state index contributed by atoms with van der Waals surface area (Å²) in [5.74, 6) is -1.71. The minimum Gasteiger partial charge on any atom is -0.373 e. The van der Waals surface area contributed by atoms with Crippen LogP contribution in [0.4, 0.5) is 24.5 Å². The van der Waals surface area contributed by atoms with E-state index in [-0.39, 0.29) is 33.4 Å². The number of carbonyl (C=O) groups is 1. The first-order chi connectivity index (χ1) is 15.7. The second-order valence-electron chi connectivity index (χ2n) is 8.75. The molecule has 0 saturated heterocycles. The summed E-state index contributed by atoms with van der Waals surface area (Å²) in [7, 11) is 0. The maximum absolute atomic E-state index is 14.1. The van der Waals surface area contributed by atoms with Crippen LogP contribution in [0, 0.1) is 18.8 Å². The Labute approximate surface area is 191 Å². The minimum atomic E-state index is -5.34. The number of aliphatic hydroxyl groups is 1. The lowest BCUT2D eigenvalue weighted by molar-refractivity contribution is -0.254. The van der Waals surface area contributed by atoms with E-state index in [2.05, 4.69) is 20.2 Å². The number of nitroso groups, excluding NO2 is 1. The standard InChI is InChI=1S/C23H22F3N3O5/c1-12-6-5-7-17(18(12)28-33)21(3,4)11-22(32,23(24,25)26)20(31)27-14-8-9-15-16(10-14)13(2)29-34-19(15)30/h5-10,32H,11H2,1-4H3,(H,27,31). The summed E-state index contributed by atoms with van der Waals surface area (Å²) in [4.78, 5) is 36.0. The smallest absolute Gasteiger partial charge is 0.373 e. The Hall–Kier alpha value is -3.60. The zero-order chi connectivity index (χ0) is 25.5. The first-order valence-electron chi connectivity index (χ1n) is 10.2. The van der Waals surface area contributed by atoms with Crippen LogP contribution in [0.25, 0.3) is 10.8 Å². The van der Waals surface area contributed by atoms with Crippen molar-refractivity contribution in [3.8, 4) is 0 Å².